The summed E-state index contributed by atoms with van der Waals surface area (Å²) in [7, 11) is 0. The molecule has 0 bridgehead atoms. The van der Waals surface area contributed by atoms with Crippen LogP contribution in [0.1, 0.15) is 73.1 Å². The number of hydrogen-bond donors (Lipinski definition) is 2. The van der Waals surface area contributed by atoms with E-state index in [-0.39, 0.29) is 13.2 Å². The topological polar surface area (TPSA) is 49.7 Å². The third-order valence-electron chi connectivity index (χ3n) is 4.22. The van der Waals surface area contributed by atoms with Crippen molar-refractivity contribution in [3.8, 4) is 0 Å². The van der Waals surface area contributed by atoms with Gasteiger partial charge < -0.3 is 14.9 Å². The zero-order valence-electron chi connectivity index (χ0n) is 17.6. The van der Waals surface area contributed by atoms with Crippen LogP contribution >= 0.6 is 0 Å². The average molecular weight is 365 g/mol. The van der Waals surface area contributed by atoms with Crippen molar-refractivity contribution in [3.05, 3.63) is 46.6 Å². The molecule has 0 aromatic heterocycles. The maximum Gasteiger partial charge on any atom is 0.100 e. The Morgan fingerprint density at radius 1 is 0.769 bits per heavy atom. The van der Waals surface area contributed by atoms with Crippen LogP contribution in [0, 0.1) is 0 Å². The van der Waals surface area contributed by atoms with Crippen LogP contribution in [0.3, 0.4) is 0 Å². The summed E-state index contributed by atoms with van der Waals surface area (Å²) in [6, 6.07) is 0. The first kappa shape index (κ1) is 24.8. The quantitative estimate of drug-likeness (QED) is 0.316. The molecule has 0 rings (SSSR count). The van der Waals surface area contributed by atoms with Crippen molar-refractivity contribution in [1.29, 1.82) is 0 Å². The lowest BCUT2D eigenvalue weighted by atomic mass is 10.0. The zero-order valence-corrected chi connectivity index (χ0v) is 17.6. The van der Waals surface area contributed by atoms with Crippen molar-refractivity contribution in [2.24, 2.45) is 0 Å². The number of rotatable bonds is 14. The second-order valence-corrected chi connectivity index (χ2v) is 7.42. The van der Waals surface area contributed by atoms with E-state index < -0.39 is 6.10 Å². The Labute approximate surface area is 161 Å². The molecule has 0 saturated heterocycles. The molecule has 0 aliphatic carbocycles. The Kier molecular flexibility index (Phi) is 15.3. The minimum absolute atomic E-state index is 0.181. The molecule has 0 aliphatic heterocycles. The highest BCUT2D eigenvalue weighted by Gasteiger charge is 2.00. The van der Waals surface area contributed by atoms with Crippen LogP contribution in [-0.2, 0) is 4.74 Å². The summed E-state index contributed by atoms with van der Waals surface area (Å²) < 4.78 is 5.29. The van der Waals surface area contributed by atoms with Crippen molar-refractivity contribution in [3.63, 3.8) is 0 Å². The van der Waals surface area contributed by atoms with E-state index in [4.69, 9.17) is 9.84 Å². The molecular formula is C23H40O3. The molecule has 0 spiro atoms. The standard InChI is InChI=1S/C23H40O3/c1-19(2)9-6-10-20(3)11-7-12-21(4)13-8-14-22(5)15-16-26-18-23(25)17-24/h9,11,13,15,23-25H,6-8,10,12,14,16-18H2,1-5H3/b20-11+,21-13+,22-15+. The number of hydrogen-bond acceptors (Lipinski definition) is 3. The highest BCUT2D eigenvalue weighted by Crippen LogP contribution is 2.13. The third kappa shape index (κ3) is 16.3. The van der Waals surface area contributed by atoms with Crippen molar-refractivity contribution < 1.29 is 14.9 Å². The fourth-order valence-corrected chi connectivity index (χ4v) is 2.45. The van der Waals surface area contributed by atoms with Crippen molar-refractivity contribution >= 4 is 0 Å². The second-order valence-electron chi connectivity index (χ2n) is 7.42. The van der Waals surface area contributed by atoms with Gasteiger partial charge in [0.2, 0.25) is 0 Å². The predicted molar refractivity (Wildman–Crippen MR) is 112 cm³/mol. The molecule has 0 amide bonds. The smallest absolute Gasteiger partial charge is 0.100 e. The first-order valence-corrected chi connectivity index (χ1v) is 9.82. The van der Waals surface area contributed by atoms with Gasteiger partial charge in [0.15, 0.2) is 0 Å². The van der Waals surface area contributed by atoms with E-state index in [1.807, 2.05) is 6.08 Å². The van der Waals surface area contributed by atoms with E-state index >= 15 is 0 Å². The van der Waals surface area contributed by atoms with Gasteiger partial charge in [-0.3, -0.25) is 0 Å². The molecule has 0 aliphatic rings. The molecule has 0 radical (unpaired) electrons. The summed E-state index contributed by atoms with van der Waals surface area (Å²) in [6.07, 6.45) is 14.9. The first-order chi connectivity index (χ1) is 12.3. The maximum absolute atomic E-state index is 9.19. The average Bonchev–Trinajstić information content (AvgIpc) is 2.58. The SMILES string of the molecule is CC(C)=CCC/C(C)=C/CC/C(C)=C/CC/C(C)=C/COCC(O)CO. The Morgan fingerprint density at radius 3 is 1.69 bits per heavy atom. The van der Waals surface area contributed by atoms with Crippen LogP contribution in [0.15, 0.2) is 46.6 Å². The monoisotopic (exact) mass is 364 g/mol. The van der Waals surface area contributed by atoms with Crippen molar-refractivity contribution in [1.82, 2.24) is 0 Å². The molecule has 0 fully saturated rings. The first-order valence-electron chi connectivity index (χ1n) is 9.82. The minimum atomic E-state index is -0.779. The lowest BCUT2D eigenvalue weighted by Gasteiger charge is -2.06. The van der Waals surface area contributed by atoms with E-state index in [1.54, 1.807) is 0 Å². The zero-order chi connectivity index (χ0) is 19.8. The molecule has 26 heavy (non-hydrogen) atoms. The molecule has 1 atom stereocenters. The van der Waals surface area contributed by atoms with Gasteiger partial charge in [0.25, 0.3) is 0 Å². The Balaban J connectivity index is 3.94. The van der Waals surface area contributed by atoms with Gasteiger partial charge in [0.05, 0.1) is 19.8 Å². The van der Waals surface area contributed by atoms with Gasteiger partial charge in [-0.2, -0.15) is 0 Å². The van der Waals surface area contributed by atoms with Gasteiger partial charge in [-0.1, -0.05) is 46.6 Å². The van der Waals surface area contributed by atoms with E-state index in [1.165, 1.54) is 22.3 Å². The highest BCUT2D eigenvalue weighted by molar-refractivity contribution is 5.07. The Bertz CT molecular complexity index is 480. The summed E-state index contributed by atoms with van der Waals surface area (Å²) in [5.74, 6) is 0. The Morgan fingerprint density at radius 2 is 1.23 bits per heavy atom. The van der Waals surface area contributed by atoms with Gasteiger partial charge in [-0.05, 0) is 73.1 Å². The lowest BCUT2D eigenvalue weighted by Crippen LogP contribution is -2.19. The summed E-state index contributed by atoms with van der Waals surface area (Å²) >= 11 is 0. The molecule has 1 unspecified atom stereocenters. The molecule has 0 aromatic rings. The molecule has 0 aromatic carbocycles. The molecule has 3 heteroatoms. The van der Waals surface area contributed by atoms with Crippen LogP contribution in [0.4, 0.5) is 0 Å². The highest BCUT2D eigenvalue weighted by atomic mass is 16.5. The van der Waals surface area contributed by atoms with E-state index in [9.17, 15) is 5.11 Å². The number of ether oxygens (including phenoxy) is 1. The fraction of sp³-hybridized carbons (Fsp3) is 0.652. The summed E-state index contributed by atoms with van der Waals surface area (Å²) in [4.78, 5) is 0. The molecule has 2 N–H and O–H groups in total. The molecule has 0 saturated carbocycles. The minimum Gasteiger partial charge on any atom is -0.394 e. The van der Waals surface area contributed by atoms with E-state index in [0.717, 1.165) is 38.5 Å². The Hall–Kier alpha value is -1.16. The van der Waals surface area contributed by atoms with Gasteiger partial charge in [0.1, 0.15) is 6.10 Å². The number of aliphatic hydroxyl groups excluding tert-OH is 2. The normalized spacial score (nSPS) is 14.5. The molecular weight excluding hydrogens is 324 g/mol. The largest absolute Gasteiger partial charge is 0.394 e. The maximum atomic E-state index is 9.19. The van der Waals surface area contributed by atoms with E-state index in [2.05, 4.69) is 52.8 Å². The van der Waals surface area contributed by atoms with Crippen LogP contribution in [0.5, 0.6) is 0 Å². The van der Waals surface area contributed by atoms with Crippen LogP contribution in [0.25, 0.3) is 0 Å². The van der Waals surface area contributed by atoms with Crippen molar-refractivity contribution in [2.45, 2.75) is 79.2 Å². The molecule has 150 valence electrons. The molecule has 3 nitrogen and oxygen atoms in total. The van der Waals surface area contributed by atoms with Crippen molar-refractivity contribution in [2.75, 3.05) is 19.8 Å². The molecule has 0 heterocycles. The lowest BCUT2D eigenvalue weighted by molar-refractivity contribution is 0.0148. The van der Waals surface area contributed by atoms with Crippen LogP contribution in [0.2, 0.25) is 0 Å². The van der Waals surface area contributed by atoms with Gasteiger partial charge in [-0.15, -0.1) is 0 Å². The van der Waals surface area contributed by atoms with Gasteiger partial charge in [-0.25, -0.2) is 0 Å². The van der Waals surface area contributed by atoms with Crippen LogP contribution in [-0.4, -0.2) is 36.1 Å². The predicted octanol–water partition coefficient (Wildman–Crippen LogP) is 5.50. The number of allylic oxidation sites excluding steroid dienone is 7. The third-order valence-corrected chi connectivity index (χ3v) is 4.22. The second kappa shape index (κ2) is 16.0. The van der Waals surface area contributed by atoms with E-state index in [0.29, 0.717) is 6.61 Å². The van der Waals surface area contributed by atoms with Gasteiger partial charge in [0, 0.05) is 0 Å². The fourth-order valence-electron chi connectivity index (χ4n) is 2.45. The number of aliphatic hydroxyl groups is 2. The summed E-state index contributed by atoms with van der Waals surface area (Å²) in [6.45, 7) is 11.3. The summed E-state index contributed by atoms with van der Waals surface area (Å²) in [5, 5.41) is 17.9. The van der Waals surface area contributed by atoms with Crippen LogP contribution < -0.4 is 0 Å². The summed E-state index contributed by atoms with van der Waals surface area (Å²) in [5.41, 5.74) is 5.63. The van der Waals surface area contributed by atoms with Gasteiger partial charge >= 0.3 is 0 Å².